The number of nitrogens with zero attached hydrogens (tertiary/aromatic N) is 2. The second-order valence-electron chi connectivity index (χ2n) is 16.6. The molecule has 378 valence electrons. The number of aliphatic carboxylic acids is 1. The normalized spacial score (nSPS) is 16.3. The van der Waals surface area contributed by atoms with Gasteiger partial charge >= 0.3 is 11.9 Å². The van der Waals surface area contributed by atoms with Crippen molar-refractivity contribution in [2.24, 2.45) is 0 Å². The first-order valence-corrected chi connectivity index (χ1v) is 25.3. The number of carboxylic acids is 2. The van der Waals surface area contributed by atoms with Gasteiger partial charge in [0.1, 0.15) is 16.8 Å². The summed E-state index contributed by atoms with van der Waals surface area (Å²) in [4.78, 5) is 86.5. The Morgan fingerprint density at radius 1 is 0.845 bits per heavy atom. The van der Waals surface area contributed by atoms with E-state index in [4.69, 9.17) is 35.7 Å². The molecule has 4 heterocycles. The molecule has 0 spiro atoms. The van der Waals surface area contributed by atoms with Gasteiger partial charge < -0.3 is 50.0 Å². The van der Waals surface area contributed by atoms with E-state index in [1.807, 2.05) is 6.07 Å². The fourth-order valence-electron chi connectivity index (χ4n) is 8.15. The minimum atomic E-state index is -3.70. The van der Waals surface area contributed by atoms with Crippen molar-refractivity contribution in [3.8, 4) is 21.9 Å². The van der Waals surface area contributed by atoms with Gasteiger partial charge in [0.05, 0.1) is 50.0 Å². The van der Waals surface area contributed by atoms with E-state index >= 15 is 0 Å². The van der Waals surface area contributed by atoms with Gasteiger partial charge in [0.2, 0.25) is 27.7 Å². The van der Waals surface area contributed by atoms with Gasteiger partial charge in [-0.15, -0.1) is 11.3 Å². The molecule has 24 heteroatoms. The monoisotopic (exact) mass is 1040 g/mol. The lowest BCUT2D eigenvalue weighted by Crippen LogP contribution is -2.52. The summed E-state index contributed by atoms with van der Waals surface area (Å²) in [6, 6.07) is 17.8. The first kappa shape index (κ1) is 52.2. The molecule has 71 heavy (non-hydrogen) atoms. The van der Waals surface area contributed by atoms with Gasteiger partial charge in [-0.1, -0.05) is 41.9 Å². The van der Waals surface area contributed by atoms with Gasteiger partial charge in [0, 0.05) is 54.6 Å². The molecule has 7 rings (SSSR count). The molecule has 3 aromatic carbocycles. The molecule has 1 unspecified atom stereocenters. The number of hydrogen-bond donors (Lipinski definition) is 6. The predicted molar refractivity (Wildman–Crippen MR) is 258 cm³/mol. The number of imide groups is 1. The number of halogens is 1. The van der Waals surface area contributed by atoms with Crippen LogP contribution in [0.25, 0.3) is 10.4 Å². The van der Waals surface area contributed by atoms with Crippen molar-refractivity contribution in [1.29, 1.82) is 0 Å². The van der Waals surface area contributed by atoms with Crippen LogP contribution in [0.2, 0.25) is 5.02 Å². The lowest BCUT2D eigenvalue weighted by molar-refractivity contribution is -0.139. The van der Waals surface area contributed by atoms with Crippen LogP contribution in [0.15, 0.2) is 66.7 Å². The van der Waals surface area contributed by atoms with Crippen LogP contribution in [0.5, 0.6) is 11.5 Å². The zero-order valence-corrected chi connectivity index (χ0v) is 40.5. The Kier molecular flexibility index (Phi) is 17.6. The van der Waals surface area contributed by atoms with Gasteiger partial charge in [0.25, 0.3) is 11.8 Å². The summed E-state index contributed by atoms with van der Waals surface area (Å²) >= 11 is 7.34. The molecular formula is C47H51ClN6O15S2. The molecule has 3 aliphatic heterocycles. The molecule has 1 atom stereocenters. The number of carboxylic acid groups (broad SMARTS) is 2. The molecule has 0 bridgehead atoms. The lowest BCUT2D eigenvalue weighted by atomic mass is 10.0. The van der Waals surface area contributed by atoms with Crippen LogP contribution < -0.4 is 30.7 Å². The van der Waals surface area contributed by atoms with E-state index in [0.29, 0.717) is 57.1 Å². The number of rotatable bonds is 24. The van der Waals surface area contributed by atoms with Crippen LogP contribution in [-0.2, 0) is 55.8 Å². The molecular weight excluding hydrogens is 988 g/mol. The molecule has 21 nitrogen and oxygen atoms in total. The molecule has 0 radical (unpaired) electrons. The Morgan fingerprint density at radius 2 is 1.58 bits per heavy atom. The number of anilines is 2. The third-order valence-corrected chi connectivity index (χ3v) is 15.1. The number of piperidine rings is 2. The minimum Gasteiger partial charge on any atom is -0.483 e. The molecule has 4 aromatic rings. The molecule has 1 aromatic heterocycles. The number of hydrogen-bond acceptors (Lipinski definition) is 15. The standard InChI is InChI=1S/C47H51ClN6O15S2/c48-41-42(69-26-40(58)59)44(47(62)63)70-43(41)29-5-2-7-32(23-29)50-30-12-16-53(17-13-30)71(64,65)27-28-4-1-6-31(22-28)51-38(56)14-18-66-20-21-67-19-15-49-39(57)25-68-36-9-3-8-33-34(36)24-54(46(33)61)35-10-11-37(55)52-45(35)60/h1-9,22-23,30,35,50H,10-21,24-27H2,(H,49,57)(H,51,56)(H,58,59)(H,62,63)(H,52,55,60). The van der Waals surface area contributed by atoms with Crippen molar-refractivity contribution in [1.82, 2.24) is 19.8 Å². The first-order chi connectivity index (χ1) is 34.1. The minimum absolute atomic E-state index is 0.00810. The van der Waals surface area contributed by atoms with Crippen molar-refractivity contribution in [2.75, 3.05) is 69.9 Å². The Morgan fingerprint density at radius 3 is 2.32 bits per heavy atom. The second kappa shape index (κ2) is 24.0. The fraction of sp³-hybridized carbons (Fsp3) is 0.383. The maximum atomic E-state index is 13.5. The number of thiophene rings is 1. The molecule has 2 fully saturated rings. The zero-order chi connectivity index (χ0) is 50.7. The number of nitrogens with one attached hydrogen (secondary N) is 4. The third-order valence-electron chi connectivity index (χ3n) is 11.6. The first-order valence-electron chi connectivity index (χ1n) is 22.5. The quantitative estimate of drug-likeness (QED) is 0.0428. The topological polar surface area (TPSA) is 286 Å². The van der Waals surface area contributed by atoms with E-state index in [-0.39, 0.29) is 124 Å². The van der Waals surface area contributed by atoms with E-state index in [1.54, 1.807) is 60.7 Å². The highest BCUT2D eigenvalue weighted by atomic mass is 35.5. The van der Waals surface area contributed by atoms with E-state index in [9.17, 15) is 47.1 Å². The van der Waals surface area contributed by atoms with Crippen molar-refractivity contribution >= 4 is 85.8 Å². The van der Waals surface area contributed by atoms with Crippen LogP contribution in [0.1, 0.15) is 63.3 Å². The second-order valence-corrected chi connectivity index (χ2v) is 20.0. The number of carbonyl (C=O) groups excluding carboxylic acids is 5. The number of benzene rings is 3. The van der Waals surface area contributed by atoms with Crippen LogP contribution >= 0.6 is 22.9 Å². The highest BCUT2D eigenvalue weighted by Crippen LogP contribution is 2.46. The number of carbonyl (C=O) groups is 7. The molecule has 6 N–H and O–H groups in total. The maximum absolute atomic E-state index is 13.5. The summed E-state index contributed by atoms with van der Waals surface area (Å²) in [6.45, 7) is 0.494. The Labute approximate surface area is 416 Å². The number of aromatic carboxylic acids is 1. The Balaban J connectivity index is 0.755. The molecule has 0 aliphatic carbocycles. The van der Waals surface area contributed by atoms with E-state index in [0.717, 1.165) is 11.3 Å². The summed E-state index contributed by atoms with van der Waals surface area (Å²) < 4.78 is 50.4. The fourth-order valence-corrected chi connectivity index (χ4v) is 11.1. The summed E-state index contributed by atoms with van der Waals surface area (Å²) in [5.41, 5.74) is 3.18. The molecule has 5 amide bonds. The van der Waals surface area contributed by atoms with Crippen molar-refractivity contribution in [2.45, 2.75) is 56.5 Å². The van der Waals surface area contributed by atoms with Gasteiger partial charge in [0.15, 0.2) is 23.8 Å². The SMILES string of the molecule is O=C(O)COc1c(C(=O)O)sc(-c2cccc(NC3CCN(S(=O)(=O)Cc4cccc(NC(=O)CCOCCOCCNC(=O)COc5cccc6c5CN(C5CCC(=O)NC5=O)C6=O)c4)CC3)c2)c1Cl. The van der Waals surface area contributed by atoms with Crippen LogP contribution in [0.3, 0.4) is 0 Å². The predicted octanol–water partition coefficient (Wildman–Crippen LogP) is 3.95. The average molecular weight is 1040 g/mol. The Hall–Kier alpha value is -6.63. The van der Waals surface area contributed by atoms with Crippen LogP contribution in [0, 0.1) is 0 Å². The highest BCUT2D eigenvalue weighted by Gasteiger charge is 2.40. The van der Waals surface area contributed by atoms with E-state index in [1.165, 1.54) is 9.21 Å². The maximum Gasteiger partial charge on any atom is 0.349 e. The summed E-state index contributed by atoms with van der Waals surface area (Å²) in [7, 11) is -3.70. The number of sulfonamides is 1. The zero-order valence-electron chi connectivity index (χ0n) is 38.1. The average Bonchev–Trinajstić information content (AvgIpc) is 3.85. The third kappa shape index (κ3) is 13.8. The van der Waals surface area contributed by atoms with Crippen molar-refractivity contribution in [3.63, 3.8) is 0 Å². The summed E-state index contributed by atoms with van der Waals surface area (Å²) in [5, 5.41) is 29.8. The Bertz CT molecular complexity index is 2780. The number of fused-ring (bicyclic) bond motifs is 1. The van der Waals surface area contributed by atoms with Crippen LogP contribution in [-0.4, -0.2) is 141 Å². The summed E-state index contributed by atoms with van der Waals surface area (Å²) in [5.74, 6) is -4.68. The molecule has 3 aliphatic rings. The highest BCUT2D eigenvalue weighted by molar-refractivity contribution is 7.88. The van der Waals surface area contributed by atoms with E-state index < -0.39 is 46.4 Å². The van der Waals surface area contributed by atoms with Gasteiger partial charge in [-0.2, -0.15) is 0 Å². The van der Waals surface area contributed by atoms with Crippen LogP contribution in [0.4, 0.5) is 11.4 Å². The van der Waals surface area contributed by atoms with Crippen molar-refractivity contribution < 1.29 is 71.1 Å². The van der Waals surface area contributed by atoms with Crippen molar-refractivity contribution in [3.05, 3.63) is 93.3 Å². The van der Waals surface area contributed by atoms with Gasteiger partial charge in [-0.05, 0) is 66.8 Å². The smallest absolute Gasteiger partial charge is 0.349 e. The van der Waals surface area contributed by atoms with Gasteiger partial charge in [-0.25, -0.2) is 22.3 Å². The van der Waals surface area contributed by atoms with Gasteiger partial charge in [-0.3, -0.25) is 29.3 Å². The van der Waals surface area contributed by atoms with E-state index in [2.05, 4.69) is 21.3 Å². The summed E-state index contributed by atoms with van der Waals surface area (Å²) in [6.07, 6.45) is 1.44. The molecule has 0 saturated carbocycles. The largest absolute Gasteiger partial charge is 0.483 e. The number of amides is 5. The number of ether oxygens (including phenoxy) is 4. The lowest BCUT2D eigenvalue weighted by Gasteiger charge is -2.32. The molecule has 2 saturated heterocycles.